The van der Waals surface area contributed by atoms with Gasteiger partial charge in [-0.1, -0.05) is 69.7 Å². The van der Waals surface area contributed by atoms with Crippen LogP contribution in [-0.4, -0.2) is 178 Å². The van der Waals surface area contributed by atoms with Gasteiger partial charge in [-0.05, 0) is 116 Å². The first kappa shape index (κ1) is 64.0. The molecule has 0 aromatic heterocycles. The molecule has 2 bridgehead atoms. The number of ether oxygens (including phenoxy) is 6. The van der Waals surface area contributed by atoms with Crippen molar-refractivity contribution in [2.75, 3.05) is 58.8 Å². The van der Waals surface area contributed by atoms with Crippen LogP contribution in [0.25, 0.3) is 0 Å². The zero-order valence-electron chi connectivity index (χ0n) is 51.2. The molecule has 23 nitrogen and oxygen atoms in total. The second-order valence-corrected chi connectivity index (χ2v) is 28.5. The molecule has 7 N–H and O–H groups in total. The molecule has 10 aliphatic rings. The van der Waals surface area contributed by atoms with Crippen molar-refractivity contribution >= 4 is 64.8 Å². The number of allylic oxidation sites excluding steroid dienone is 4. The van der Waals surface area contributed by atoms with Gasteiger partial charge in [0.25, 0.3) is 11.8 Å². The molecule has 12 atom stereocenters. The zero-order chi connectivity index (χ0) is 63.5. The largest absolute Gasteiger partial charge is 0.460 e. The van der Waals surface area contributed by atoms with E-state index in [0.29, 0.717) is 23.3 Å². The van der Waals surface area contributed by atoms with Crippen molar-refractivity contribution in [2.24, 2.45) is 39.7 Å². The molecule has 2 aromatic rings. The summed E-state index contributed by atoms with van der Waals surface area (Å²) >= 11 is 1.26. The van der Waals surface area contributed by atoms with Crippen molar-refractivity contribution in [1.82, 2.24) is 20.0 Å². The van der Waals surface area contributed by atoms with Crippen molar-refractivity contribution in [1.29, 1.82) is 0 Å². The Hall–Kier alpha value is -6.51. The average molecular weight is 1250 g/mol. The number of carbonyl (C=O) groups is 8. The molecule has 24 heteroatoms. The molecule has 3 heterocycles. The summed E-state index contributed by atoms with van der Waals surface area (Å²) in [4.78, 5) is 110. The van der Waals surface area contributed by atoms with Crippen molar-refractivity contribution in [3.8, 4) is 5.75 Å². The summed E-state index contributed by atoms with van der Waals surface area (Å²) in [7, 11) is 2.97. The normalized spacial score (nSPS) is 33.8. The van der Waals surface area contributed by atoms with Crippen LogP contribution in [0.3, 0.4) is 0 Å². The van der Waals surface area contributed by atoms with Gasteiger partial charge in [-0.15, -0.1) is 11.8 Å². The van der Waals surface area contributed by atoms with E-state index in [4.69, 9.17) is 34.2 Å². The number of Topliss-reactive ketones (excluding diaryl/α,β-unsaturated/α-hetero) is 1. The van der Waals surface area contributed by atoms with Crippen LogP contribution >= 0.6 is 11.8 Å². The van der Waals surface area contributed by atoms with Crippen LogP contribution in [0.5, 0.6) is 5.75 Å². The molecule has 480 valence electrons. The Morgan fingerprint density at radius 2 is 1.58 bits per heavy atom. The summed E-state index contributed by atoms with van der Waals surface area (Å²) in [6.45, 7) is 6.65. The SMILES string of the molecule is CC(C)SC1=CC(=O)N(CCC(=O)NCCC(=O)Nc2cc(COC(=O)N(C)CCN(C)C(=O)OCC(=O)[C@@]34O[C@H](c5ccc(CC67CC(N)(C6)C7)cc5)O[C@@H]3C[C@H]3[C@@H]5CCC6=CC(=O)C=C[C@]6(C)[C@H]5CC[C@@]34C)ccc2O[C@@H]2OC[C@@H](O)[C@H](O)[C@H]2O)C1=O. The van der Waals surface area contributed by atoms with Gasteiger partial charge in [-0.2, -0.15) is 0 Å². The number of thioether (sulfide) groups is 1. The van der Waals surface area contributed by atoms with Crippen LogP contribution < -0.4 is 21.1 Å². The number of ketones is 2. The molecule has 0 unspecified atom stereocenters. The number of amides is 6. The highest BCUT2D eigenvalue weighted by Crippen LogP contribution is 2.71. The number of carbonyl (C=O) groups excluding carboxylic acids is 8. The van der Waals surface area contributed by atoms with Crippen LogP contribution in [-0.2, 0) is 65.5 Å². The third kappa shape index (κ3) is 12.4. The van der Waals surface area contributed by atoms with E-state index in [1.807, 2.05) is 26.0 Å². The number of nitrogens with zero attached hydrogens (tertiary/aromatic N) is 3. The summed E-state index contributed by atoms with van der Waals surface area (Å²) in [5.74, 6) is -1.90. The van der Waals surface area contributed by atoms with E-state index in [-0.39, 0.29) is 115 Å². The molecule has 3 aliphatic heterocycles. The first-order valence-electron chi connectivity index (χ1n) is 30.9. The molecular formula is C65H82N6O17S. The monoisotopic (exact) mass is 1250 g/mol. The fourth-order valence-corrected chi connectivity index (χ4v) is 16.8. The topological polar surface area (TPSA) is 312 Å². The number of aliphatic hydroxyl groups is 3. The number of aliphatic hydroxyl groups excluding tert-OH is 3. The maximum Gasteiger partial charge on any atom is 0.409 e. The molecular weight excluding hydrogens is 1170 g/mol. The van der Waals surface area contributed by atoms with Gasteiger partial charge in [0.05, 0.1) is 23.3 Å². The van der Waals surface area contributed by atoms with Gasteiger partial charge in [0.1, 0.15) is 30.7 Å². The second kappa shape index (κ2) is 24.9. The van der Waals surface area contributed by atoms with Crippen LogP contribution in [0, 0.1) is 34.0 Å². The van der Waals surface area contributed by atoms with Crippen LogP contribution in [0.1, 0.15) is 115 Å². The standard InChI is InChI=1S/C65H82N6O17S/c1-36(2)89-48-28-53(77)71(56(48)80)22-18-51(75)67-21-17-52(76)68-45-25-38(9-14-47(45)86-58-55(79)54(78)46(73)31-83-58)30-84-59(81)69(5)23-24-70(6)60(82)85-32-49(74)65-50(87-57(88-65)39-10-7-37(8-11-39)29-63-33-64(66,34-63)35-63)27-44-42-13-12-40-26-41(72)15-19-61(40,3)43(42)16-20-62(44,65)4/h7-11,14-15,19,25-26,28,36,42-44,46,50,54-55,57-58,73,78-79H,12-13,16-18,20-24,27,29-35,66H2,1-6H3,(H,67,75)(H,68,76)/t42-,43+,44+,46-,50-,54+,55-,57-,58+,61+,62+,63?,64?,65-/m1/s1. The number of benzene rings is 2. The maximum absolute atomic E-state index is 15.2. The molecule has 0 radical (unpaired) electrons. The predicted octanol–water partition coefficient (Wildman–Crippen LogP) is 5.13. The molecule has 89 heavy (non-hydrogen) atoms. The number of hydrogen-bond donors (Lipinski definition) is 6. The predicted molar refractivity (Wildman–Crippen MR) is 322 cm³/mol. The number of nitrogens with two attached hydrogens (primary N) is 1. The lowest BCUT2D eigenvalue weighted by Crippen LogP contribution is -2.72. The third-order valence-corrected chi connectivity index (χ3v) is 21.4. The first-order valence-corrected chi connectivity index (χ1v) is 31.8. The smallest absolute Gasteiger partial charge is 0.409 e. The van der Waals surface area contributed by atoms with E-state index in [1.165, 1.54) is 71.1 Å². The number of anilines is 1. The Labute approximate surface area is 521 Å². The number of fused-ring (bicyclic) bond motifs is 7. The van der Waals surface area contributed by atoms with Crippen molar-refractivity contribution < 1.29 is 82.1 Å². The first-order chi connectivity index (χ1) is 42.2. The lowest BCUT2D eigenvalue weighted by molar-refractivity contribution is -0.241. The fourth-order valence-electron chi connectivity index (χ4n) is 15.9. The van der Waals surface area contributed by atoms with E-state index in [2.05, 4.69) is 42.7 Å². The van der Waals surface area contributed by atoms with Gasteiger partial charge in [-0.25, -0.2) is 9.59 Å². The van der Waals surface area contributed by atoms with Gasteiger partial charge in [-0.3, -0.25) is 33.7 Å². The summed E-state index contributed by atoms with van der Waals surface area (Å²) < 4.78 is 36.7. The quantitative estimate of drug-likeness (QED) is 0.0832. The molecule has 7 aliphatic carbocycles. The summed E-state index contributed by atoms with van der Waals surface area (Å²) in [5.41, 5.74) is 7.91. The van der Waals surface area contributed by atoms with Gasteiger partial charge >= 0.3 is 12.2 Å². The Kier molecular flexibility index (Phi) is 17.9. The molecule has 2 aromatic carbocycles. The lowest BCUT2D eigenvalue weighted by Gasteiger charge is -2.69. The van der Waals surface area contributed by atoms with E-state index in [9.17, 15) is 48.9 Å². The molecule has 0 spiro atoms. The van der Waals surface area contributed by atoms with Crippen molar-refractivity contribution in [3.05, 3.63) is 93.9 Å². The van der Waals surface area contributed by atoms with Gasteiger partial charge in [0.2, 0.25) is 23.9 Å². The number of nitrogens with one attached hydrogen (secondary N) is 2. The Morgan fingerprint density at radius 1 is 0.876 bits per heavy atom. The van der Waals surface area contributed by atoms with E-state index < -0.39 is 90.4 Å². The minimum absolute atomic E-state index is 0.00292. The number of rotatable bonds is 22. The van der Waals surface area contributed by atoms with Crippen LogP contribution in [0.4, 0.5) is 15.3 Å². The molecule has 8 fully saturated rings. The van der Waals surface area contributed by atoms with Crippen LogP contribution in [0.2, 0.25) is 0 Å². The Balaban J connectivity index is 0.689. The Morgan fingerprint density at radius 3 is 2.29 bits per heavy atom. The minimum atomic E-state index is -1.67. The molecule has 12 rings (SSSR count). The van der Waals surface area contributed by atoms with Gasteiger partial charge < -0.3 is 69.9 Å². The second-order valence-electron chi connectivity index (χ2n) is 26.9. The summed E-state index contributed by atoms with van der Waals surface area (Å²) in [6, 6.07) is 12.7. The molecule has 6 saturated carbocycles. The number of hydrogen-bond acceptors (Lipinski definition) is 19. The van der Waals surface area contributed by atoms with Gasteiger partial charge in [0, 0.05) is 86.4 Å². The highest BCUT2D eigenvalue weighted by atomic mass is 32.2. The van der Waals surface area contributed by atoms with Gasteiger partial charge in [0.15, 0.2) is 24.3 Å². The third-order valence-electron chi connectivity index (χ3n) is 20.4. The lowest BCUT2D eigenvalue weighted by atomic mass is 9.38. The fraction of sp³-hybridized carbons (Fsp3) is 0.600. The summed E-state index contributed by atoms with van der Waals surface area (Å²) in [6.07, 6.45) is 5.15. The number of likely N-dealkylation sites (N-methyl/N-ethyl adjacent to an activating group) is 2. The average Bonchev–Trinajstić information content (AvgIpc) is 1.68. The highest BCUT2D eigenvalue weighted by Gasteiger charge is 2.75. The minimum Gasteiger partial charge on any atom is -0.460 e. The van der Waals surface area contributed by atoms with Crippen molar-refractivity contribution in [3.63, 3.8) is 0 Å². The highest BCUT2D eigenvalue weighted by molar-refractivity contribution is 8.04. The molecule has 6 amide bonds. The van der Waals surface area contributed by atoms with E-state index in [0.717, 1.165) is 55.4 Å². The van der Waals surface area contributed by atoms with E-state index in [1.54, 1.807) is 12.2 Å². The van der Waals surface area contributed by atoms with Crippen molar-refractivity contribution in [2.45, 2.75) is 158 Å². The summed E-state index contributed by atoms with van der Waals surface area (Å²) in [5, 5.41) is 36.3. The maximum atomic E-state index is 15.2. The number of imide groups is 1. The zero-order valence-corrected chi connectivity index (χ0v) is 52.1. The molecule has 2 saturated heterocycles. The van der Waals surface area contributed by atoms with E-state index >= 15 is 4.79 Å². The Bertz CT molecular complexity index is 3240. The van der Waals surface area contributed by atoms with Crippen LogP contribution in [0.15, 0.2) is 77.2 Å².